The Bertz CT molecular complexity index is 575. The molecule has 2 heterocycles. The minimum Gasteiger partial charge on any atom is -0.473 e. The van der Waals surface area contributed by atoms with Crippen LogP contribution in [0.5, 0.6) is 5.75 Å². The van der Waals surface area contributed by atoms with E-state index < -0.39 is 0 Å². The number of fused-ring (bicyclic) bond motifs is 1. The molecule has 94 valence electrons. The van der Waals surface area contributed by atoms with Gasteiger partial charge in [-0.2, -0.15) is 0 Å². The third-order valence-electron chi connectivity index (χ3n) is 3.07. The number of aryl methyl sites for hydroxylation is 2. The van der Waals surface area contributed by atoms with E-state index in [4.69, 9.17) is 20.9 Å². The van der Waals surface area contributed by atoms with E-state index in [1.165, 1.54) is 0 Å². The average Bonchev–Trinajstić information content (AvgIpc) is 2.68. The topological polar surface area (TPSA) is 38.5 Å². The fraction of sp³-hybridized carbons (Fsp3) is 0.308. The molecule has 0 fully saturated rings. The molecule has 18 heavy (non-hydrogen) atoms. The number of ether oxygens (including phenoxy) is 1. The summed E-state index contributed by atoms with van der Waals surface area (Å²) in [5.74, 6) is 1.70. The fourth-order valence-corrected chi connectivity index (χ4v) is 2.48. The van der Waals surface area contributed by atoms with Crippen molar-refractivity contribution in [3.8, 4) is 5.75 Å². The monoisotopic (exact) mass is 264 g/mol. The van der Waals surface area contributed by atoms with Gasteiger partial charge in [-0.05, 0) is 32.0 Å². The lowest BCUT2D eigenvalue weighted by Crippen LogP contribution is -2.32. The molecule has 0 N–H and O–H groups in total. The molecule has 1 aromatic carbocycles. The minimum absolute atomic E-state index is 0.498. The van der Waals surface area contributed by atoms with Crippen molar-refractivity contribution >= 4 is 17.3 Å². The molecule has 2 aromatic rings. The predicted molar refractivity (Wildman–Crippen MR) is 69.1 cm³/mol. The molecule has 3 rings (SSSR count). The molecular formula is C13H13ClN2O2. The van der Waals surface area contributed by atoms with Crippen LogP contribution in [0.15, 0.2) is 22.7 Å². The summed E-state index contributed by atoms with van der Waals surface area (Å²) in [6.45, 7) is 5.08. The molecule has 0 amide bonds. The summed E-state index contributed by atoms with van der Waals surface area (Å²) in [4.78, 5) is 2.10. The Hall–Kier alpha value is -1.68. The van der Waals surface area contributed by atoms with Crippen molar-refractivity contribution in [1.29, 1.82) is 0 Å². The average molecular weight is 265 g/mol. The first-order valence-corrected chi connectivity index (χ1v) is 6.12. The smallest absolute Gasteiger partial charge is 0.161 e. The van der Waals surface area contributed by atoms with E-state index in [2.05, 4.69) is 10.1 Å². The van der Waals surface area contributed by atoms with Crippen LogP contribution in [-0.2, 0) is 6.54 Å². The number of nitrogens with zero attached hydrogens (tertiary/aromatic N) is 2. The first-order chi connectivity index (χ1) is 8.65. The Balaban J connectivity index is 1.95. The lowest BCUT2D eigenvalue weighted by Gasteiger charge is -2.30. The summed E-state index contributed by atoms with van der Waals surface area (Å²) in [6.07, 6.45) is 0. The Morgan fingerprint density at radius 2 is 2.17 bits per heavy atom. The van der Waals surface area contributed by atoms with Gasteiger partial charge in [0, 0.05) is 10.6 Å². The normalized spacial score (nSPS) is 14.3. The number of hydrogen-bond donors (Lipinski definition) is 0. The van der Waals surface area contributed by atoms with Crippen molar-refractivity contribution in [2.24, 2.45) is 0 Å². The van der Waals surface area contributed by atoms with E-state index in [0.717, 1.165) is 40.0 Å². The van der Waals surface area contributed by atoms with Gasteiger partial charge in [-0.3, -0.25) is 0 Å². The zero-order valence-electron chi connectivity index (χ0n) is 10.2. The van der Waals surface area contributed by atoms with Gasteiger partial charge in [0.25, 0.3) is 0 Å². The molecule has 0 unspecified atom stereocenters. The first-order valence-electron chi connectivity index (χ1n) is 5.74. The van der Waals surface area contributed by atoms with Crippen molar-refractivity contribution in [2.75, 3.05) is 11.6 Å². The Labute approximate surface area is 110 Å². The van der Waals surface area contributed by atoms with Gasteiger partial charge < -0.3 is 14.2 Å². The largest absolute Gasteiger partial charge is 0.473 e. The molecule has 0 radical (unpaired) electrons. The van der Waals surface area contributed by atoms with Crippen molar-refractivity contribution in [3.63, 3.8) is 0 Å². The van der Waals surface area contributed by atoms with Crippen LogP contribution >= 0.6 is 11.6 Å². The Morgan fingerprint density at radius 3 is 2.89 bits per heavy atom. The molecule has 5 heteroatoms. The number of anilines is 1. The van der Waals surface area contributed by atoms with E-state index in [9.17, 15) is 0 Å². The summed E-state index contributed by atoms with van der Waals surface area (Å²) in [5.41, 5.74) is 2.95. The Kier molecular flexibility index (Phi) is 2.67. The summed E-state index contributed by atoms with van der Waals surface area (Å²) in [7, 11) is 0. The van der Waals surface area contributed by atoms with Gasteiger partial charge in [-0.15, -0.1) is 0 Å². The standard InChI is InChI=1S/C13H13ClN2O2/c1-8-13(9(2)18-15-8)16-6-10-5-11(14)3-4-12(10)17-7-16/h3-5H,6-7H2,1-2H3. The molecule has 0 saturated carbocycles. The van der Waals surface area contributed by atoms with Gasteiger partial charge in [0.2, 0.25) is 0 Å². The van der Waals surface area contributed by atoms with E-state index in [0.29, 0.717) is 6.73 Å². The number of aromatic nitrogens is 1. The summed E-state index contributed by atoms with van der Waals surface area (Å²) in [6, 6.07) is 5.68. The van der Waals surface area contributed by atoms with Crippen molar-refractivity contribution in [1.82, 2.24) is 5.16 Å². The van der Waals surface area contributed by atoms with E-state index in [1.54, 1.807) is 0 Å². The van der Waals surface area contributed by atoms with Crippen LogP contribution in [0, 0.1) is 13.8 Å². The van der Waals surface area contributed by atoms with E-state index in [-0.39, 0.29) is 0 Å². The molecule has 0 atom stereocenters. The van der Waals surface area contributed by atoms with Crippen molar-refractivity contribution in [3.05, 3.63) is 40.2 Å². The second-order valence-electron chi connectivity index (χ2n) is 4.40. The second-order valence-corrected chi connectivity index (χ2v) is 4.83. The minimum atomic E-state index is 0.498. The van der Waals surface area contributed by atoms with Gasteiger partial charge in [-0.1, -0.05) is 16.8 Å². The molecule has 0 saturated heterocycles. The van der Waals surface area contributed by atoms with Gasteiger partial charge in [-0.25, -0.2) is 0 Å². The molecule has 1 aromatic heterocycles. The highest BCUT2D eigenvalue weighted by Crippen LogP contribution is 2.33. The number of halogens is 1. The quantitative estimate of drug-likeness (QED) is 0.792. The van der Waals surface area contributed by atoms with Crippen LogP contribution in [0.25, 0.3) is 0 Å². The van der Waals surface area contributed by atoms with Crippen molar-refractivity contribution in [2.45, 2.75) is 20.4 Å². The zero-order chi connectivity index (χ0) is 12.7. The van der Waals surface area contributed by atoms with Gasteiger partial charge >= 0.3 is 0 Å². The summed E-state index contributed by atoms with van der Waals surface area (Å²) in [5, 5.41) is 4.69. The van der Waals surface area contributed by atoms with Crippen LogP contribution in [0.3, 0.4) is 0 Å². The van der Waals surface area contributed by atoms with E-state index >= 15 is 0 Å². The van der Waals surface area contributed by atoms with Gasteiger partial charge in [0.15, 0.2) is 12.5 Å². The maximum Gasteiger partial charge on any atom is 0.161 e. The highest BCUT2D eigenvalue weighted by Gasteiger charge is 2.23. The molecule has 0 spiro atoms. The summed E-state index contributed by atoms with van der Waals surface area (Å²) < 4.78 is 10.9. The van der Waals surface area contributed by atoms with Gasteiger partial charge in [0.05, 0.1) is 6.54 Å². The molecule has 0 aliphatic carbocycles. The third kappa shape index (κ3) is 1.82. The van der Waals surface area contributed by atoms with Crippen LogP contribution in [0.4, 0.5) is 5.69 Å². The lowest BCUT2D eigenvalue weighted by atomic mass is 10.1. The third-order valence-corrected chi connectivity index (χ3v) is 3.31. The van der Waals surface area contributed by atoms with E-state index in [1.807, 2.05) is 32.0 Å². The van der Waals surface area contributed by atoms with Crippen LogP contribution in [0.1, 0.15) is 17.0 Å². The first kappa shape index (κ1) is 11.4. The molecule has 1 aliphatic rings. The highest BCUT2D eigenvalue weighted by molar-refractivity contribution is 6.30. The maximum atomic E-state index is 6.01. The number of benzene rings is 1. The van der Waals surface area contributed by atoms with Crippen LogP contribution < -0.4 is 9.64 Å². The predicted octanol–water partition coefficient (Wildman–Crippen LogP) is 3.30. The fourth-order valence-electron chi connectivity index (χ4n) is 2.28. The lowest BCUT2D eigenvalue weighted by molar-refractivity contribution is 0.288. The number of hydrogen-bond acceptors (Lipinski definition) is 4. The number of rotatable bonds is 1. The second kappa shape index (κ2) is 4.21. The SMILES string of the molecule is Cc1noc(C)c1N1COc2ccc(Cl)cc2C1. The highest BCUT2D eigenvalue weighted by atomic mass is 35.5. The molecule has 1 aliphatic heterocycles. The zero-order valence-corrected chi connectivity index (χ0v) is 11.0. The molecule has 0 bridgehead atoms. The summed E-state index contributed by atoms with van der Waals surface area (Å²) >= 11 is 6.01. The molecule has 4 nitrogen and oxygen atoms in total. The van der Waals surface area contributed by atoms with Gasteiger partial charge in [0.1, 0.15) is 17.1 Å². The van der Waals surface area contributed by atoms with Crippen LogP contribution in [-0.4, -0.2) is 11.9 Å². The van der Waals surface area contributed by atoms with Crippen LogP contribution in [0.2, 0.25) is 5.02 Å². The maximum absolute atomic E-state index is 6.01. The Morgan fingerprint density at radius 1 is 1.33 bits per heavy atom. The molecular weight excluding hydrogens is 252 g/mol. The van der Waals surface area contributed by atoms with Crippen molar-refractivity contribution < 1.29 is 9.26 Å².